The molecular formula is C25H25Cl2N5OSi. The van der Waals surface area contributed by atoms with E-state index in [1.807, 2.05) is 64.3 Å². The van der Waals surface area contributed by atoms with Gasteiger partial charge in [0.1, 0.15) is 12.4 Å². The molecule has 0 spiro atoms. The lowest BCUT2D eigenvalue weighted by atomic mass is 10.1. The standard InChI is InChI=1S/C25H25Cl2N5OSi/c1-34(2,3)10-9-33-16-32-14-18(13-29-32)17-11-19-22(28-12-17)7-8-31-15-23(30-25(19)31)24-20(26)5-4-6-21(24)27/h4-8,11-15H,9-10,16H2,1-3H3. The molecule has 0 aliphatic heterocycles. The van der Waals surface area contributed by atoms with Crippen molar-refractivity contribution < 1.29 is 4.74 Å². The number of pyridine rings is 2. The Morgan fingerprint density at radius 2 is 1.79 bits per heavy atom. The van der Waals surface area contributed by atoms with E-state index in [1.54, 1.807) is 0 Å². The molecule has 5 aromatic rings. The number of benzene rings is 1. The molecule has 0 aliphatic rings. The zero-order valence-electron chi connectivity index (χ0n) is 19.3. The molecule has 0 unspecified atom stereocenters. The highest BCUT2D eigenvalue weighted by atomic mass is 35.5. The predicted molar refractivity (Wildman–Crippen MR) is 141 cm³/mol. The van der Waals surface area contributed by atoms with Crippen molar-refractivity contribution in [3.63, 3.8) is 0 Å². The van der Waals surface area contributed by atoms with Gasteiger partial charge in [-0.2, -0.15) is 5.10 Å². The molecule has 0 radical (unpaired) electrons. The van der Waals surface area contributed by atoms with E-state index in [-0.39, 0.29) is 0 Å². The molecule has 0 saturated carbocycles. The van der Waals surface area contributed by atoms with Gasteiger partial charge in [0, 0.05) is 61.5 Å². The Hall–Kier alpha value is -2.71. The van der Waals surface area contributed by atoms with Crippen molar-refractivity contribution in [3.8, 4) is 22.4 Å². The number of nitrogens with zero attached hydrogens (tertiary/aromatic N) is 5. The maximum atomic E-state index is 6.42. The minimum absolute atomic E-state index is 0.442. The second-order valence-corrected chi connectivity index (χ2v) is 16.0. The molecule has 4 aromatic heterocycles. The van der Waals surface area contributed by atoms with Gasteiger partial charge in [-0.15, -0.1) is 0 Å². The highest BCUT2D eigenvalue weighted by Gasteiger charge is 2.15. The van der Waals surface area contributed by atoms with E-state index in [0.717, 1.165) is 51.6 Å². The van der Waals surface area contributed by atoms with Crippen LogP contribution in [0.2, 0.25) is 35.7 Å². The number of aromatic nitrogens is 5. The van der Waals surface area contributed by atoms with Crippen LogP contribution in [0.15, 0.2) is 61.3 Å². The summed E-state index contributed by atoms with van der Waals surface area (Å²) in [5.74, 6) is 0. The third kappa shape index (κ3) is 4.74. The summed E-state index contributed by atoms with van der Waals surface area (Å²) in [4.78, 5) is 9.53. The van der Waals surface area contributed by atoms with E-state index >= 15 is 0 Å². The summed E-state index contributed by atoms with van der Waals surface area (Å²) in [5.41, 5.74) is 5.04. The molecule has 4 heterocycles. The van der Waals surface area contributed by atoms with Crippen LogP contribution < -0.4 is 0 Å². The maximum absolute atomic E-state index is 6.42. The van der Waals surface area contributed by atoms with E-state index < -0.39 is 8.07 Å². The van der Waals surface area contributed by atoms with Gasteiger partial charge < -0.3 is 9.14 Å². The number of hydrogen-bond donors (Lipinski definition) is 0. The Morgan fingerprint density at radius 3 is 2.56 bits per heavy atom. The van der Waals surface area contributed by atoms with E-state index in [0.29, 0.717) is 16.8 Å². The van der Waals surface area contributed by atoms with Gasteiger partial charge in [0.15, 0.2) is 0 Å². The quantitative estimate of drug-likeness (QED) is 0.174. The van der Waals surface area contributed by atoms with Gasteiger partial charge in [0.25, 0.3) is 0 Å². The number of imidazole rings is 1. The van der Waals surface area contributed by atoms with Crippen LogP contribution in [0.1, 0.15) is 0 Å². The Morgan fingerprint density at radius 1 is 1.00 bits per heavy atom. The van der Waals surface area contributed by atoms with Crippen LogP contribution in [0.4, 0.5) is 0 Å². The fourth-order valence-electron chi connectivity index (χ4n) is 3.79. The SMILES string of the molecule is C[Si](C)(C)CCOCn1cc(-c2cnc3ccn4cc(-c5c(Cl)cccc5Cl)nc4c3c2)cn1. The summed E-state index contributed by atoms with van der Waals surface area (Å²) in [5, 5.41) is 6.53. The fourth-order valence-corrected chi connectivity index (χ4v) is 5.13. The predicted octanol–water partition coefficient (Wildman–Crippen LogP) is 7.03. The second kappa shape index (κ2) is 9.15. The Balaban J connectivity index is 1.46. The smallest absolute Gasteiger partial charge is 0.146 e. The largest absolute Gasteiger partial charge is 0.360 e. The van der Waals surface area contributed by atoms with Gasteiger partial charge in [0.2, 0.25) is 0 Å². The summed E-state index contributed by atoms with van der Waals surface area (Å²) >= 11 is 12.8. The van der Waals surface area contributed by atoms with Crippen LogP contribution in [-0.4, -0.2) is 38.8 Å². The minimum atomic E-state index is -1.10. The summed E-state index contributed by atoms with van der Waals surface area (Å²) in [6, 6.07) is 10.7. The van der Waals surface area contributed by atoms with Crippen molar-refractivity contribution in [2.24, 2.45) is 0 Å². The molecule has 0 aliphatic carbocycles. The average Bonchev–Trinajstić information content (AvgIpc) is 3.43. The van der Waals surface area contributed by atoms with Crippen molar-refractivity contribution >= 4 is 47.8 Å². The van der Waals surface area contributed by atoms with Gasteiger partial charge in [-0.05, 0) is 30.3 Å². The lowest BCUT2D eigenvalue weighted by molar-refractivity contribution is 0.0786. The van der Waals surface area contributed by atoms with E-state index in [9.17, 15) is 0 Å². The van der Waals surface area contributed by atoms with E-state index in [4.69, 9.17) is 32.9 Å². The molecule has 0 bridgehead atoms. The van der Waals surface area contributed by atoms with Gasteiger partial charge in [0.05, 0.1) is 27.5 Å². The Labute approximate surface area is 209 Å². The summed E-state index contributed by atoms with van der Waals surface area (Å²) in [7, 11) is -1.10. The van der Waals surface area contributed by atoms with Crippen LogP contribution in [0.25, 0.3) is 38.9 Å². The highest BCUT2D eigenvalue weighted by Crippen LogP contribution is 2.35. The number of hydrogen-bond acceptors (Lipinski definition) is 4. The van der Waals surface area contributed by atoms with Crippen molar-refractivity contribution in [2.45, 2.75) is 32.4 Å². The maximum Gasteiger partial charge on any atom is 0.146 e. The first-order valence-electron chi connectivity index (χ1n) is 11.1. The fraction of sp³-hybridized carbons (Fsp3) is 0.240. The molecule has 0 N–H and O–H groups in total. The Bertz CT molecular complexity index is 1470. The number of halogens is 2. The van der Waals surface area contributed by atoms with E-state index in [1.165, 1.54) is 0 Å². The van der Waals surface area contributed by atoms with Crippen LogP contribution in [0.5, 0.6) is 0 Å². The van der Waals surface area contributed by atoms with Crippen LogP contribution in [-0.2, 0) is 11.5 Å². The third-order valence-corrected chi connectivity index (χ3v) is 8.02. The number of ether oxygens (including phenoxy) is 1. The molecule has 1 aromatic carbocycles. The third-order valence-electron chi connectivity index (χ3n) is 5.69. The topological polar surface area (TPSA) is 57.2 Å². The first-order chi connectivity index (χ1) is 16.3. The van der Waals surface area contributed by atoms with Crippen molar-refractivity contribution in [2.75, 3.05) is 6.61 Å². The van der Waals surface area contributed by atoms with Crippen LogP contribution in [0.3, 0.4) is 0 Å². The first kappa shape index (κ1) is 23.0. The summed E-state index contributed by atoms with van der Waals surface area (Å²) in [6.07, 6.45) is 9.57. The van der Waals surface area contributed by atoms with Crippen molar-refractivity contribution in [1.82, 2.24) is 24.1 Å². The molecule has 174 valence electrons. The number of fused-ring (bicyclic) bond motifs is 3. The zero-order valence-corrected chi connectivity index (χ0v) is 21.8. The monoisotopic (exact) mass is 509 g/mol. The van der Waals surface area contributed by atoms with Gasteiger partial charge >= 0.3 is 0 Å². The van der Waals surface area contributed by atoms with Crippen LogP contribution in [0, 0.1) is 0 Å². The van der Waals surface area contributed by atoms with Gasteiger partial charge in [-0.1, -0.05) is 48.9 Å². The zero-order chi connectivity index (χ0) is 23.9. The number of rotatable bonds is 7. The first-order valence-corrected chi connectivity index (χ1v) is 15.6. The average molecular weight is 511 g/mol. The molecule has 9 heteroatoms. The van der Waals surface area contributed by atoms with Crippen molar-refractivity contribution in [1.29, 1.82) is 0 Å². The summed E-state index contributed by atoms with van der Waals surface area (Å²) < 4.78 is 9.61. The van der Waals surface area contributed by atoms with Crippen molar-refractivity contribution in [3.05, 3.63) is 71.4 Å². The van der Waals surface area contributed by atoms with Gasteiger partial charge in [-0.25, -0.2) is 9.67 Å². The highest BCUT2D eigenvalue weighted by molar-refractivity contribution is 6.76. The molecule has 34 heavy (non-hydrogen) atoms. The molecule has 6 nitrogen and oxygen atoms in total. The van der Waals surface area contributed by atoms with Gasteiger partial charge in [-0.3, -0.25) is 4.98 Å². The molecule has 0 atom stereocenters. The molecule has 0 amide bonds. The second-order valence-electron chi connectivity index (χ2n) is 9.54. The molecule has 0 saturated heterocycles. The Kier molecular flexibility index (Phi) is 6.20. The molecule has 5 rings (SSSR count). The summed E-state index contributed by atoms with van der Waals surface area (Å²) in [6.45, 7) is 8.24. The van der Waals surface area contributed by atoms with E-state index in [2.05, 4.69) is 35.8 Å². The molecular weight excluding hydrogens is 485 g/mol. The minimum Gasteiger partial charge on any atom is -0.360 e. The lowest BCUT2D eigenvalue weighted by Gasteiger charge is -2.15. The van der Waals surface area contributed by atoms with Crippen LogP contribution >= 0.6 is 23.2 Å². The molecule has 0 fully saturated rings. The normalized spacial score (nSPS) is 12.1. The lowest BCUT2D eigenvalue weighted by Crippen LogP contribution is -2.22.